The zero-order valence-electron chi connectivity index (χ0n) is 8.01. The van der Waals surface area contributed by atoms with E-state index < -0.39 is 0 Å². The fraction of sp³-hybridized carbons (Fsp3) is 0.222. The standard InChI is InChI=1S/C9H10N4O/c1-12-5-8(10-6-12)9(14)7-3-11-13(2)4-7/h3-6H,1-2H3. The molecule has 14 heavy (non-hydrogen) atoms. The molecule has 0 radical (unpaired) electrons. The molecule has 0 spiro atoms. The van der Waals surface area contributed by atoms with Crippen LogP contribution in [0.2, 0.25) is 0 Å². The first kappa shape index (κ1) is 8.68. The smallest absolute Gasteiger partial charge is 0.216 e. The highest BCUT2D eigenvalue weighted by atomic mass is 16.1. The van der Waals surface area contributed by atoms with Gasteiger partial charge in [0.1, 0.15) is 5.69 Å². The van der Waals surface area contributed by atoms with E-state index in [2.05, 4.69) is 10.1 Å². The summed E-state index contributed by atoms with van der Waals surface area (Å²) in [4.78, 5) is 15.7. The molecule has 0 fully saturated rings. The summed E-state index contributed by atoms with van der Waals surface area (Å²) in [5, 5.41) is 3.93. The molecule has 2 aromatic heterocycles. The molecule has 72 valence electrons. The van der Waals surface area contributed by atoms with Gasteiger partial charge in [-0.25, -0.2) is 4.98 Å². The molecule has 0 aliphatic heterocycles. The highest BCUT2D eigenvalue weighted by Gasteiger charge is 2.12. The third kappa shape index (κ3) is 1.44. The second kappa shape index (κ2) is 3.10. The van der Waals surface area contributed by atoms with Gasteiger partial charge in [0.15, 0.2) is 0 Å². The number of aromatic nitrogens is 4. The van der Waals surface area contributed by atoms with Gasteiger partial charge in [-0.05, 0) is 0 Å². The van der Waals surface area contributed by atoms with Crippen molar-refractivity contribution in [1.82, 2.24) is 19.3 Å². The molecule has 2 rings (SSSR count). The summed E-state index contributed by atoms with van der Waals surface area (Å²) in [6, 6.07) is 0. The Labute approximate surface area is 81.0 Å². The van der Waals surface area contributed by atoms with Crippen molar-refractivity contribution < 1.29 is 4.79 Å². The Morgan fingerprint density at radius 2 is 2.14 bits per heavy atom. The van der Waals surface area contributed by atoms with E-state index in [1.165, 1.54) is 6.20 Å². The van der Waals surface area contributed by atoms with Crippen molar-refractivity contribution in [3.63, 3.8) is 0 Å². The lowest BCUT2D eigenvalue weighted by Crippen LogP contribution is -2.00. The first-order valence-electron chi connectivity index (χ1n) is 4.18. The van der Waals surface area contributed by atoms with Crippen LogP contribution in [0.1, 0.15) is 16.1 Å². The fourth-order valence-electron chi connectivity index (χ4n) is 1.22. The van der Waals surface area contributed by atoms with Crippen molar-refractivity contribution >= 4 is 5.78 Å². The molecular weight excluding hydrogens is 180 g/mol. The Kier molecular flexibility index (Phi) is 1.92. The molecule has 0 aromatic carbocycles. The SMILES string of the molecule is Cn1cnc(C(=O)c2cnn(C)c2)c1. The second-order valence-corrected chi connectivity index (χ2v) is 3.16. The molecule has 0 N–H and O–H groups in total. The van der Waals surface area contributed by atoms with Crippen molar-refractivity contribution in [3.05, 3.63) is 36.2 Å². The van der Waals surface area contributed by atoms with E-state index >= 15 is 0 Å². The minimum Gasteiger partial charge on any atom is -0.340 e. The second-order valence-electron chi connectivity index (χ2n) is 3.16. The fourth-order valence-corrected chi connectivity index (χ4v) is 1.22. The van der Waals surface area contributed by atoms with Crippen molar-refractivity contribution in [3.8, 4) is 0 Å². The molecular formula is C9H10N4O. The molecule has 0 aliphatic carbocycles. The number of imidazole rings is 1. The Morgan fingerprint density at radius 1 is 1.36 bits per heavy atom. The minimum absolute atomic E-state index is 0.0984. The van der Waals surface area contributed by atoms with Crippen molar-refractivity contribution in [1.29, 1.82) is 0 Å². The summed E-state index contributed by atoms with van der Waals surface area (Å²) in [7, 11) is 3.60. The van der Waals surface area contributed by atoms with Gasteiger partial charge in [0.25, 0.3) is 0 Å². The highest BCUT2D eigenvalue weighted by Crippen LogP contribution is 2.05. The number of carbonyl (C=O) groups excluding carboxylic acids is 1. The van der Waals surface area contributed by atoms with Crippen molar-refractivity contribution in [2.45, 2.75) is 0 Å². The lowest BCUT2D eigenvalue weighted by Gasteiger charge is -1.90. The third-order valence-corrected chi connectivity index (χ3v) is 1.90. The van der Waals surface area contributed by atoms with Crippen LogP contribution >= 0.6 is 0 Å². The van der Waals surface area contributed by atoms with Crippen LogP contribution in [-0.2, 0) is 14.1 Å². The van der Waals surface area contributed by atoms with Crippen molar-refractivity contribution in [2.75, 3.05) is 0 Å². The maximum absolute atomic E-state index is 11.7. The number of hydrogen-bond donors (Lipinski definition) is 0. The van der Waals surface area contributed by atoms with Crippen molar-refractivity contribution in [2.24, 2.45) is 14.1 Å². The van der Waals surface area contributed by atoms with Crippen LogP contribution < -0.4 is 0 Å². The summed E-state index contributed by atoms with van der Waals surface area (Å²) in [5.41, 5.74) is 1.01. The monoisotopic (exact) mass is 190 g/mol. The average Bonchev–Trinajstić information content (AvgIpc) is 2.73. The number of hydrogen-bond acceptors (Lipinski definition) is 3. The number of carbonyl (C=O) groups is 1. The summed E-state index contributed by atoms with van der Waals surface area (Å²) in [6.45, 7) is 0. The molecule has 2 heterocycles. The van der Waals surface area contributed by atoms with Crippen LogP contribution in [0.4, 0.5) is 0 Å². The van der Waals surface area contributed by atoms with Gasteiger partial charge >= 0.3 is 0 Å². The van der Waals surface area contributed by atoms with E-state index in [1.54, 1.807) is 35.0 Å². The number of nitrogens with zero attached hydrogens (tertiary/aromatic N) is 4. The summed E-state index contributed by atoms with van der Waals surface area (Å²) >= 11 is 0. The van der Waals surface area contributed by atoms with Gasteiger partial charge in [-0.3, -0.25) is 9.48 Å². The maximum atomic E-state index is 11.7. The van der Waals surface area contributed by atoms with Crippen LogP contribution in [0.3, 0.4) is 0 Å². The number of ketones is 1. The molecule has 5 heteroatoms. The number of aryl methyl sites for hydroxylation is 2. The van der Waals surface area contributed by atoms with Crippen LogP contribution in [0.25, 0.3) is 0 Å². The van der Waals surface area contributed by atoms with Gasteiger partial charge in [0.05, 0.1) is 18.1 Å². The Hall–Kier alpha value is -1.91. The topological polar surface area (TPSA) is 52.7 Å². The lowest BCUT2D eigenvalue weighted by molar-refractivity contribution is 0.103. The molecule has 0 aliphatic rings. The minimum atomic E-state index is -0.0984. The van der Waals surface area contributed by atoms with E-state index in [9.17, 15) is 4.79 Å². The van der Waals surface area contributed by atoms with Gasteiger partial charge in [0, 0.05) is 26.5 Å². The number of rotatable bonds is 2. The van der Waals surface area contributed by atoms with E-state index in [0.717, 1.165) is 0 Å². The average molecular weight is 190 g/mol. The lowest BCUT2D eigenvalue weighted by atomic mass is 10.2. The van der Waals surface area contributed by atoms with Gasteiger partial charge in [-0.1, -0.05) is 0 Å². The van der Waals surface area contributed by atoms with Gasteiger partial charge < -0.3 is 4.57 Å². The van der Waals surface area contributed by atoms with E-state index in [-0.39, 0.29) is 5.78 Å². The van der Waals surface area contributed by atoms with Gasteiger partial charge in [-0.15, -0.1) is 0 Å². The summed E-state index contributed by atoms with van der Waals surface area (Å²) in [5.74, 6) is -0.0984. The normalized spacial score (nSPS) is 10.4. The van der Waals surface area contributed by atoms with Crippen LogP contribution in [0.5, 0.6) is 0 Å². The summed E-state index contributed by atoms with van der Waals surface area (Å²) in [6.07, 6.45) is 6.51. The molecule has 0 atom stereocenters. The van der Waals surface area contributed by atoms with Crippen LogP contribution in [0, 0.1) is 0 Å². The van der Waals surface area contributed by atoms with Crippen LogP contribution in [0.15, 0.2) is 24.9 Å². The Morgan fingerprint density at radius 3 is 2.64 bits per heavy atom. The molecule has 2 aromatic rings. The Bertz CT molecular complexity index is 426. The van der Waals surface area contributed by atoms with Gasteiger partial charge in [0.2, 0.25) is 5.78 Å². The molecule has 0 bridgehead atoms. The summed E-state index contributed by atoms with van der Waals surface area (Å²) < 4.78 is 3.33. The predicted molar refractivity (Wildman–Crippen MR) is 49.8 cm³/mol. The van der Waals surface area contributed by atoms with Crippen LogP contribution in [-0.4, -0.2) is 25.1 Å². The third-order valence-electron chi connectivity index (χ3n) is 1.90. The first-order valence-corrected chi connectivity index (χ1v) is 4.18. The molecule has 0 unspecified atom stereocenters. The maximum Gasteiger partial charge on any atom is 0.216 e. The quantitative estimate of drug-likeness (QED) is 0.643. The molecule has 0 saturated heterocycles. The first-order chi connectivity index (χ1) is 6.66. The zero-order chi connectivity index (χ0) is 10.1. The highest BCUT2D eigenvalue weighted by molar-refractivity contribution is 6.07. The molecule has 5 nitrogen and oxygen atoms in total. The molecule has 0 saturated carbocycles. The van der Waals surface area contributed by atoms with Gasteiger partial charge in [-0.2, -0.15) is 5.10 Å². The predicted octanol–water partition coefficient (Wildman–Crippen LogP) is 0.385. The largest absolute Gasteiger partial charge is 0.340 e. The zero-order valence-corrected chi connectivity index (χ0v) is 8.01. The van der Waals surface area contributed by atoms with E-state index in [1.807, 2.05) is 7.05 Å². The van der Waals surface area contributed by atoms with E-state index in [4.69, 9.17) is 0 Å². The Balaban J connectivity index is 2.33. The van der Waals surface area contributed by atoms with E-state index in [0.29, 0.717) is 11.3 Å². The molecule has 0 amide bonds.